The Morgan fingerprint density at radius 3 is 2.94 bits per heavy atom. The van der Waals surface area contributed by atoms with Crippen molar-refractivity contribution in [3.05, 3.63) is 52.5 Å². The van der Waals surface area contributed by atoms with Gasteiger partial charge in [-0.3, -0.25) is 0 Å². The third-order valence-electron chi connectivity index (χ3n) is 3.15. The van der Waals surface area contributed by atoms with E-state index in [9.17, 15) is 0 Å². The topological polar surface area (TPSA) is 29.9 Å². The van der Waals surface area contributed by atoms with Crippen molar-refractivity contribution < 1.29 is 0 Å². The van der Waals surface area contributed by atoms with Crippen molar-refractivity contribution in [1.29, 1.82) is 0 Å². The molecule has 0 amide bonds. The average Bonchev–Trinajstić information content (AvgIpc) is 3.10. The number of nitrogens with zero attached hydrogens (tertiary/aromatic N) is 2. The molecule has 1 heterocycles. The van der Waals surface area contributed by atoms with Gasteiger partial charge in [0.2, 0.25) is 0 Å². The smallest absolute Gasteiger partial charge is 0.0953 e. The summed E-state index contributed by atoms with van der Waals surface area (Å²) in [7, 11) is 0. The predicted molar refractivity (Wildman–Crippen MR) is 75.3 cm³/mol. The van der Waals surface area contributed by atoms with E-state index in [1.165, 1.54) is 18.4 Å². The van der Waals surface area contributed by atoms with Crippen LogP contribution in [0.25, 0.3) is 0 Å². The van der Waals surface area contributed by atoms with Gasteiger partial charge in [-0.05, 0) is 24.5 Å². The van der Waals surface area contributed by atoms with Crippen LogP contribution >= 0.6 is 15.9 Å². The number of nitrogens with one attached hydrogen (secondary N) is 1. The maximum atomic E-state index is 4.43. The van der Waals surface area contributed by atoms with Gasteiger partial charge in [0.1, 0.15) is 0 Å². The van der Waals surface area contributed by atoms with Crippen LogP contribution in [0.2, 0.25) is 0 Å². The summed E-state index contributed by atoms with van der Waals surface area (Å²) in [5, 5.41) is 3.48. The standard InChI is InChI=1S/C14H16BrN3/c15-14-4-2-1-3-11(14)8-18-9-13(17-10-18)7-16-12-5-6-12/h1-4,9-10,12,16H,5-8H2. The Morgan fingerprint density at radius 1 is 1.33 bits per heavy atom. The molecule has 0 radical (unpaired) electrons. The number of hydrogen-bond donors (Lipinski definition) is 1. The summed E-state index contributed by atoms with van der Waals surface area (Å²) in [5.74, 6) is 0. The van der Waals surface area contributed by atoms with Gasteiger partial charge >= 0.3 is 0 Å². The lowest BCUT2D eigenvalue weighted by Crippen LogP contribution is -2.15. The Kier molecular flexibility index (Phi) is 3.48. The van der Waals surface area contributed by atoms with Crippen molar-refractivity contribution in [3.63, 3.8) is 0 Å². The molecule has 0 saturated heterocycles. The van der Waals surface area contributed by atoms with E-state index in [0.717, 1.165) is 29.3 Å². The molecule has 0 aliphatic heterocycles. The summed E-state index contributed by atoms with van der Waals surface area (Å²) in [4.78, 5) is 4.43. The summed E-state index contributed by atoms with van der Waals surface area (Å²) in [6, 6.07) is 9.03. The van der Waals surface area contributed by atoms with Crippen LogP contribution in [0.1, 0.15) is 24.1 Å². The summed E-state index contributed by atoms with van der Waals surface area (Å²) >= 11 is 3.57. The van der Waals surface area contributed by atoms with Gasteiger partial charge in [0, 0.05) is 29.8 Å². The zero-order valence-corrected chi connectivity index (χ0v) is 11.7. The lowest BCUT2D eigenvalue weighted by atomic mass is 10.2. The van der Waals surface area contributed by atoms with Crippen LogP contribution in [0.5, 0.6) is 0 Å². The maximum Gasteiger partial charge on any atom is 0.0953 e. The summed E-state index contributed by atoms with van der Waals surface area (Å²) in [5.41, 5.74) is 2.39. The van der Waals surface area contributed by atoms with Gasteiger partial charge in [0.15, 0.2) is 0 Å². The van der Waals surface area contributed by atoms with Gasteiger partial charge in [-0.15, -0.1) is 0 Å². The van der Waals surface area contributed by atoms with Gasteiger partial charge in [0.05, 0.1) is 12.0 Å². The Morgan fingerprint density at radius 2 is 2.17 bits per heavy atom. The number of imidazole rings is 1. The minimum absolute atomic E-state index is 0.735. The summed E-state index contributed by atoms with van der Waals surface area (Å²) in [6.07, 6.45) is 6.66. The van der Waals surface area contributed by atoms with Gasteiger partial charge < -0.3 is 9.88 Å². The number of rotatable bonds is 5. The van der Waals surface area contributed by atoms with E-state index in [4.69, 9.17) is 0 Å². The van der Waals surface area contributed by atoms with E-state index in [1.807, 2.05) is 12.4 Å². The highest BCUT2D eigenvalue weighted by molar-refractivity contribution is 9.10. The van der Waals surface area contributed by atoms with Crippen molar-refractivity contribution in [2.45, 2.75) is 32.0 Å². The molecule has 3 nitrogen and oxygen atoms in total. The normalized spacial score (nSPS) is 14.9. The van der Waals surface area contributed by atoms with Crippen LogP contribution < -0.4 is 5.32 Å². The molecule has 1 saturated carbocycles. The molecule has 2 aromatic rings. The fourth-order valence-electron chi connectivity index (χ4n) is 1.94. The SMILES string of the molecule is Brc1ccccc1Cn1cnc(CNC2CC2)c1. The molecule has 0 bridgehead atoms. The van der Waals surface area contributed by atoms with E-state index in [2.05, 4.69) is 55.2 Å². The van der Waals surface area contributed by atoms with E-state index >= 15 is 0 Å². The largest absolute Gasteiger partial charge is 0.333 e. The highest BCUT2D eigenvalue weighted by atomic mass is 79.9. The van der Waals surface area contributed by atoms with Crippen molar-refractivity contribution in [1.82, 2.24) is 14.9 Å². The fourth-order valence-corrected chi connectivity index (χ4v) is 2.35. The first kappa shape index (κ1) is 11.9. The number of benzene rings is 1. The molecular formula is C14H16BrN3. The molecule has 1 fully saturated rings. The van der Waals surface area contributed by atoms with Crippen LogP contribution in [0.15, 0.2) is 41.3 Å². The maximum absolute atomic E-state index is 4.43. The third kappa shape index (κ3) is 3.00. The minimum atomic E-state index is 0.735. The molecule has 0 spiro atoms. The van der Waals surface area contributed by atoms with E-state index in [1.54, 1.807) is 0 Å². The average molecular weight is 306 g/mol. The van der Waals surface area contributed by atoms with Gasteiger partial charge in [-0.2, -0.15) is 0 Å². The molecule has 18 heavy (non-hydrogen) atoms. The first-order valence-corrected chi connectivity index (χ1v) is 7.08. The van der Waals surface area contributed by atoms with Gasteiger partial charge in [-0.1, -0.05) is 34.1 Å². The predicted octanol–water partition coefficient (Wildman–Crippen LogP) is 2.95. The molecule has 0 unspecified atom stereocenters. The van der Waals surface area contributed by atoms with Crippen LogP contribution in [-0.2, 0) is 13.1 Å². The van der Waals surface area contributed by atoms with Crippen molar-refractivity contribution in [2.75, 3.05) is 0 Å². The zero-order chi connectivity index (χ0) is 12.4. The third-order valence-corrected chi connectivity index (χ3v) is 3.92. The van der Waals surface area contributed by atoms with E-state index < -0.39 is 0 Å². The van der Waals surface area contributed by atoms with E-state index in [0.29, 0.717) is 0 Å². The first-order valence-electron chi connectivity index (χ1n) is 6.29. The fraction of sp³-hybridized carbons (Fsp3) is 0.357. The first-order chi connectivity index (χ1) is 8.81. The van der Waals surface area contributed by atoms with Crippen molar-refractivity contribution in [2.24, 2.45) is 0 Å². The second-order valence-electron chi connectivity index (χ2n) is 4.78. The van der Waals surface area contributed by atoms with Crippen LogP contribution in [-0.4, -0.2) is 15.6 Å². The molecule has 94 valence electrons. The van der Waals surface area contributed by atoms with Crippen LogP contribution in [0.3, 0.4) is 0 Å². The molecule has 0 atom stereocenters. The monoisotopic (exact) mass is 305 g/mol. The summed E-state index contributed by atoms with van der Waals surface area (Å²) < 4.78 is 3.28. The Bertz CT molecular complexity index is 531. The number of hydrogen-bond acceptors (Lipinski definition) is 2. The Hall–Kier alpha value is -1.13. The lowest BCUT2D eigenvalue weighted by molar-refractivity contribution is 0.676. The van der Waals surface area contributed by atoms with Gasteiger partial charge in [0.25, 0.3) is 0 Å². The molecule has 1 aliphatic rings. The molecular weight excluding hydrogens is 290 g/mol. The highest BCUT2D eigenvalue weighted by Gasteiger charge is 2.20. The molecule has 1 aromatic carbocycles. The molecule has 3 rings (SSSR count). The second-order valence-corrected chi connectivity index (χ2v) is 5.64. The van der Waals surface area contributed by atoms with Crippen LogP contribution in [0.4, 0.5) is 0 Å². The zero-order valence-electron chi connectivity index (χ0n) is 10.1. The number of halogens is 1. The van der Waals surface area contributed by atoms with Crippen molar-refractivity contribution >= 4 is 15.9 Å². The number of aromatic nitrogens is 2. The highest BCUT2D eigenvalue weighted by Crippen LogP contribution is 2.19. The minimum Gasteiger partial charge on any atom is -0.333 e. The summed E-state index contributed by atoms with van der Waals surface area (Å²) in [6.45, 7) is 1.74. The second kappa shape index (κ2) is 5.24. The molecule has 1 N–H and O–H groups in total. The quantitative estimate of drug-likeness (QED) is 0.920. The molecule has 1 aliphatic carbocycles. The Labute approximate surface area is 115 Å². The van der Waals surface area contributed by atoms with Crippen LogP contribution in [0, 0.1) is 0 Å². The molecule has 1 aromatic heterocycles. The Balaban J connectivity index is 1.63. The van der Waals surface area contributed by atoms with E-state index in [-0.39, 0.29) is 0 Å². The molecule has 4 heteroatoms. The van der Waals surface area contributed by atoms with Crippen molar-refractivity contribution in [3.8, 4) is 0 Å². The lowest BCUT2D eigenvalue weighted by Gasteiger charge is -2.04. The van der Waals surface area contributed by atoms with Gasteiger partial charge in [-0.25, -0.2) is 4.98 Å².